The Bertz CT molecular complexity index is 885. The third kappa shape index (κ3) is 4.62. The number of amides is 1. The molecule has 2 aliphatic rings. The zero-order valence-electron chi connectivity index (χ0n) is 15.1. The van der Waals surface area contributed by atoms with E-state index in [9.17, 15) is 26.4 Å². The molecule has 0 bridgehead atoms. The molecule has 3 rings (SSSR count). The van der Waals surface area contributed by atoms with Crippen LogP contribution in [0.4, 0.5) is 18.9 Å². The second-order valence-corrected chi connectivity index (χ2v) is 10.1. The first-order valence-corrected chi connectivity index (χ1v) is 11.3. The maximum atomic E-state index is 12.4. The van der Waals surface area contributed by atoms with E-state index in [0.29, 0.717) is 17.3 Å². The molecule has 1 aromatic rings. The van der Waals surface area contributed by atoms with Gasteiger partial charge in [-0.2, -0.15) is 4.99 Å². The maximum absolute atomic E-state index is 12.4. The number of alkyl halides is 3. The predicted octanol–water partition coefficient (Wildman–Crippen LogP) is 3.23. The Morgan fingerprint density at radius 3 is 2.54 bits per heavy atom. The minimum atomic E-state index is -4.80. The smallest absolute Gasteiger partial charge is 0.406 e. The van der Waals surface area contributed by atoms with Crippen LogP contribution in [0, 0.1) is 5.92 Å². The van der Waals surface area contributed by atoms with Gasteiger partial charge in [-0.1, -0.05) is 25.6 Å². The molecule has 0 saturated carbocycles. The Kier molecular flexibility index (Phi) is 5.68. The first-order chi connectivity index (χ1) is 13.0. The molecule has 11 heteroatoms. The zero-order chi connectivity index (χ0) is 20.7. The lowest BCUT2D eigenvalue weighted by Gasteiger charge is -2.25. The fraction of sp³-hybridized carbons (Fsp3) is 0.529. The van der Waals surface area contributed by atoms with Gasteiger partial charge < -0.3 is 9.64 Å². The van der Waals surface area contributed by atoms with Crippen LogP contribution in [0.15, 0.2) is 29.3 Å². The summed E-state index contributed by atoms with van der Waals surface area (Å²) in [6, 6.07) is 4.68. The number of anilines is 1. The number of fused-ring (bicyclic) bond motifs is 1. The summed E-state index contributed by atoms with van der Waals surface area (Å²) in [6.45, 7) is 3.62. The van der Waals surface area contributed by atoms with E-state index in [2.05, 4.69) is 9.73 Å². The van der Waals surface area contributed by atoms with Crippen LogP contribution in [0.5, 0.6) is 5.75 Å². The van der Waals surface area contributed by atoms with Crippen molar-refractivity contribution in [1.29, 1.82) is 0 Å². The van der Waals surface area contributed by atoms with Crippen molar-refractivity contribution in [1.82, 2.24) is 0 Å². The van der Waals surface area contributed by atoms with Crippen molar-refractivity contribution in [3.8, 4) is 5.75 Å². The van der Waals surface area contributed by atoms with Crippen molar-refractivity contribution in [2.24, 2.45) is 10.9 Å². The lowest BCUT2D eigenvalue weighted by atomic mass is 10.1. The van der Waals surface area contributed by atoms with Gasteiger partial charge in [0.05, 0.1) is 17.5 Å². The number of aliphatic imine (C=N–C) groups is 1. The molecule has 0 N–H and O–H groups in total. The van der Waals surface area contributed by atoms with Gasteiger partial charge in [0.25, 0.3) is 5.91 Å². The van der Waals surface area contributed by atoms with Crippen LogP contribution in [-0.2, 0) is 14.6 Å². The lowest BCUT2D eigenvalue weighted by Crippen LogP contribution is -2.37. The van der Waals surface area contributed by atoms with E-state index >= 15 is 0 Å². The van der Waals surface area contributed by atoms with Crippen LogP contribution in [0.2, 0.25) is 0 Å². The molecule has 2 heterocycles. The highest BCUT2D eigenvalue weighted by atomic mass is 32.2. The van der Waals surface area contributed by atoms with E-state index in [1.165, 1.54) is 23.9 Å². The molecule has 3 atom stereocenters. The Balaban J connectivity index is 1.93. The van der Waals surface area contributed by atoms with Gasteiger partial charge >= 0.3 is 6.36 Å². The van der Waals surface area contributed by atoms with Crippen LogP contribution in [0.3, 0.4) is 0 Å². The standard InChI is InChI=1S/C17H19F3N2O4S2/c1-3-10(2)15(23)21-16-22(13-8-28(24,25)9-14(13)27-16)11-4-6-12(7-5-11)26-17(18,19)20/h4-7,10,13-14H,3,8-9H2,1-2H3/t10-,13-,14+/m0/s1. The first kappa shape index (κ1) is 21.0. The summed E-state index contributed by atoms with van der Waals surface area (Å²) in [7, 11) is -3.23. The van der Waals surface area contributed by atoms with Gasteiger partial charge in [-0.15, -0.1) is 13.2 Å². The quantitative estimate of drug-likeness (QED) is 0.721. The number of nitrogens with zero attached hydrogens (tertiary/aromatic N) is 2. The summed E-state index contributed by atoms with van der Waals surface area (Å²) in [4.78, 5) is 18.1. The minimum Gasteiger partial charge on any atom is -0.406 e. The third-order valence-electron chi connectivity index (χ3n) is 4.65. The molecular weight excluding hydrogens is 417 g/mol. The topological polar surface area (TPSA) is 76.0 Å². The number of rotatable bonds is 4. The number of hydrogen-bond acceptors (Lipinski definition) is 5. The number of benzene rings is 1. The first-order valence-electron chi connectivity index (χ1n) is 8.64. The molecule has 2 saturated heterocycles. The predicted molar refractivity (Wildman–Crippen MR) is 101 cm³/mol. The van der Waals surface area contributed by atoms with E-state index in [4.69, 9.17) is 0 Å². The molecule has 2 aliphatic heterocycles. The molecule has 0 radical (unpaired) electrons. The van der Waals surface area contributed by atoms with E-state index in [1.54, 1.807) is 11.8 Å². The van der Waals surface area contributed by atoms with Crippen LogP contribution >= 0.6 is 11.8 Å². The molecular formula is C17H19F3N2O4S2. The summed E-state index contributed by atoms with van der Waals surface area (Å²) >= 11 is 1.22. The number of ether oxygens (including phenoxy) is 1. The highest BCUT2D eigenvalue weighted by Gasteiger charge is 2.49. The second kappa shape index (κ2) is 7.58. The van der Waals surface area contributed by atoms with Crippen molar-refractivity contribution in [2.75, 3.05) is 16.4 Å². The van der Waals surface area contributed by atoms with Crippen LogP contribution in [0.1, 0.15) is 20.3 Å². The number of amidine groups is 1. The molecule has 6 nitrogen and oxygen atoms in total. The molecule has 0 unspecified atom stereocenters. The normalized spacial score (nSPS) is 26.3. The van der Waals surface area contributed by atoms with Crippen LogP contribution in [0.25, 0.3) is 0 Å². The monoisotopic (exact) mass is 436 g/mol. The Hall–Kier alpha value is -1.75. The van der Waals surface area contributed by atoms with Crippen molar-refractivity contribution in [3.63, 3.8) is 0 Å². The van der Waals surface area contributed by atoms with Gasteiger partial charge in [-0.25, -0.2) is 8.42 Å². The van der Waals surface area contributed by atoms with Crippen molar-refractivity contribution >= 4 is 38.4 Å². The van der Waals surface area contributed by atoms with Crippen molar-refractivity contribution < 1.29 is 31.1 Å². The molecule has 2 fully saturated rings. The average Bonchev–Trinajstić information content (AvgIpc) is 3.04. The molecule has 0 aliphatic carbocycles. The molecule has 1 aromatic carbocycles. The Morgan fingerprint density at radius 2 is 1.96 bits per heavy atom. The molecule has 1 amide bonds. The van der Waals surface area contributed by atoms with Gasteiger partial charge in [-0.3, -0.25) is 4.79 Å². The highest BCUT2D eigenvalue weighted by molar-refractivity contribution is 8.16. The Labute approximate surface area is 165 Å². The molecule has 0 aromatic heterocycles. The van der Waals surface area contributed by atoms with Gasteiger partial charge in [0.2, 0.25) is 0 Å². The number of carbonyl (C=O) groups is 1. The average molecular weight is 436 g/mol. The third-order valence-corrected chi connectivity index (χ3v) is 7.86. The van der Waals surface area contributed by atoms with Gasteiger partial charge in [-0.05, 0) is 30.7 Å². The van der Waals surface area contributed by atoms with Gasteiger partial charge in [0.15, 0.2) is 15.0 Å². The second-order valence-electron chi connectivity index (χ2n) is 6.75. The summed E-state index contributed by atoms with van der Waals surface area (Å²) in [5.41, 5.74) is 0.460. The van der Waals surface area contributed by atoms with Crippen molar-refractivity contribution in [2.45, 2.75) is 37.9 Å². The van der Waals surface area contributed by atoms with E-state index in [0.717, 1.165) is 12.1 Å². The van der Waals surface area contributed by atoms with Crippen molar-refractivity contribution in [3.05, 3.63) is 24.3 Å². The lowest BCUT2D eigenvalue weighted by molar-refractivity contribution is -0.274. The van der Waals surface area contributed by atoms with Gasteiger partial charge in [0, 0.05) is 16.9 Å². The molecule has 154 valence electrons. The number of thioether (sulfide) groups is 1. The summed E-state index contributed by atoms with van der Waals surface area (Å²) < 4.78 is 65.0. The fourth-order valence-corrected chi connectivity index (χ4v) is 6.97. The maximum Gasteiger partial charge on any atom is 0.573 e. The number of halogens is 3. The van der Waals surface area contributed by atoms with Crippen LogP contribution in [-0.4, -0.2) is 48.7 Å². The molecule has 28 heavy (non-hydrogen) atoms. The highest BCUT2D eigenvalue weighted by Crippen LogP contribution is 2.41. The number of hydrogen-bond donors (Lipinski definition) is 0. The van der Waals surface area contributed by atoms with E-state index in [1.807, 2.05) is 6.92 Å². The van der Waals surface area contributed by atoms with Crippen LogP contribution < -0.4 is 9.64 Å². The fourth-order valence-electron chi connectivity index (χ4n) is 3.05. The van der Waals surface area contributed by atoms with E-state index in [-0.39, 0.29) is 34.3 Å². The summed E-state index contributed by atoms with van der Waals surface area (Å²) in [6.07, 6.45) is -4.18. The number of carbonyl (C=O) groups excluding carboxylic acids is 1. The summed E-state index contributed by atoms with van der Waals surface area (Å²) in [5.74, 6) is -1.09. The summed E-state index contributed by atoms with van der Waals surface area (Å²) in [5, 5.41) is 0.0966. The van der Waals surface area contributed by atoms with E-state index < -0.39 is 22.2 Å². The van der Waals surface area contributed by atoms with Gasteiger partial charge in [0.1, 0.15) is 5.75 Å². The Morgan fingerprint density at radius 1 is 1.32 bits per heavy atom. The SMILES string of the molecule is CC[C@H](C)C(=O)N=C1S[C@@H]2CS(=O)(=O)C[C@@H]2N1c1ccc(OC(F)(F)F)cc1. The largest absolute Gasteiger partial charge is 0.573 e. The molecule has 0 spiro atoms. The minimum absolute atomic E-state index is 0.0232. The zero-order valence-corrected chi connectivity index (χ0v) is 16.8. The number of sulfone groups is 1.